The number of pyridine rings is 4. The highest BCUT2D eigenvalue weighted by Crippen LogP contribution is 2.29. The summed E-state index contributed by atoms with van der Waals surface area (Å²) in [6.45, 7) is 10.00. The molecule has 5 aromatic rings. The SMILES string of the molecule is CC(C)CN1CCN(c2ccc(-c3ccn4c(-c5ccnc6cccnc56)cnc4c3)cn2)CC1. The molecule has 176 valence electrons. The topological polar surface area (TPSA) is 62.5 Å². The standard InChI is InChI=1S/C28H29N7/c1-20(2)19-33-12-14-34(15-13-33)26-6-5-22(17-31-26)21-8-11-35-25(18-32-27(35)16-21)23-7-10-29-24-4-3-9-30-28(23)24/h3-11,16-18,20H,12-15,19H2,1-2H3. The summed E-state index contributed by atoms with van der Waals surface area (Å²) in [5.74, 6) is 1.77. The van der Waals surface area contributed by atoms with Gasteiger partial charge in [-0.05, 0) is 53.9 Å². The zero-order valence-corrected chi connectivity index (χ0v) is 20.2. The minimum Gasteiger partial charge on any atom is -0.354 e. The summed E-state index contributed by atoms with van der Waals surface area (Å²) in [7, 11) is 0. The van der Waals surface area contributed by atoms with Crippen LogP contribution in [-0.2, 0) is 0 Å². The molecule has 0 spiro atoms. The molecule has 1 saturated heterocycles. The van der Waals surface area contributed by atoms with Gasteiger partial charge in [0.2, 0.25) is 0 Å². The summed E-state index contributed by atoms with van der Waals surface area (Å²) in [4.78, 5) is 23.4. The lowest BCUT2D eigenvalue weighted by Crippen LogP contribution is -2.47. The van der Waals surface area contributed by atoms with Crippen LogP contribution in [-0.4, -0.2) is 62.0 Å². The molecule has 1 aliphatic rings. The zero-order chi connectivity index (χ0) is 23.8. The summed E-state index contributed by atoms with van der Waals surface area (Å²) < 4.78 is 2.10. The number of hydrogen-bond donors (Lipinski definition) is 0. The monoisotopic (exact) mass is 463 g/mol. The first-order valence-electron chi connectivity index (χ1n) is 12.3. The van der Waals surface area contributed by atoms with E-state index in [0.29, 0.717) is 5.92 Å². The molecule has 0 N–H and O–H groups in total. The second-order valence-corrected chi connectivity index (χ2v) is 9.60. The number of anilines is 1. The number of aromatic nitrogens is 5. The van der Waals surface area contributed by atoms with Crippen LogP contribution in [0.2, 0.25) is 0 Å². The molecule has 0 saturated carbocycles. The first-order chi connectivity index (χ1) is 17.2. The largest absolute Gasteiger partial charge is 0.354 e. The van der Waals surface area contributed by atoms with Gasteiger partial charge in [0, 0.05) is 68.6 Å². The van der Waals surface area contributed by atoms with Gasteiger partial charge in [-0.1, -0.05) is 13.8 Å². The van der Waals surface area contributed by atoms with E-state index in [1.165, 1.54) is 6.54 Å². The number of fused-ring (bicyclic) bond motifs is 2. The average Bonchev–Trinajstić information content (AvgIpc) is 3.32. The van der Waals surface area contributed by atoms with Gasteiger partial charge in [0.25, 0.3) is 0 Å². The number of piperazine rings is 1. The third-order valence-electron chi connectivity index (χ3n) is 6.69. The molecule has 5 aromatic heterocycles. The van der Waals surface area contributed by atoms with Crippen molar-refractivity contribution < 1.29 is 0 Å². The van der Waals surface area contributed by atoms with E-state index in [-0.39, 0.29) is 0 Å². The van der Waals surface area contributed by atoms with Crippen molar-refractivity contribution >= 4 is 22.5 Å². The van der Waals surface area contributed by atoms with E-state index in [1.807, 2.05) is 36.8 Å². The van der Waals surface area contributed by atoms with E-state index in [1.54, 1.807) is 6.20 Å². The molecule has 0 aromatic carbocycles. The molecule has 1 fully saturated rings. The highest BCUT2D eigenvalue weighted by Gasteiger charge is 2.18. The fourth-order valence-corrected chi connectivity index (χ4v) is 4.97. The molecule has 1 aliphatic heterocycles. The second-order valence-electron chi connectivity index (χ2n) is 9.60. The normalized spacial score (nSPS) is 14.9. The van der Waals surface area contributed by atoms with Gasteiger partial charge in [-0.15, -0.1) is 0 Å². The van der Waals surface area contributed by atoms with E-state index in [0.717, 1.165) is 71.1 Å². The van der Waals surface area contributed by atoms with Crippen LogP contribution in [0.1, 0.15) is 13.8 Å². The van der Waals surface area contributed by atoms with E-state index in [4.69, 9.17) is 4.98 Å². The van der Waals surface area contributed by atoms with E-state index < -0.39 is 0 Å². The quantitative estimate of drug-likeness (QED) is 0.374. The molecule has 0 aliphatic carbocycles. The van der Waals surface area contributed by atoms with Crippen molar-refractivity contribution in [2.45, 2.75) is 13.8 Å². The maximum absolute atomic E-state index is 4.80. The Morgan fingerprint density at radius 3 is 2.51 bits per heavy atom. The predicted molar refractivity (Wildman–Crippen MR) is 140 cm³/mol. The first kappa shape index (κ1) is 21.7. The molecule has 6 heterocycles. The Morgan fingerprint density at radius 1 is 0.829 bits per heavy atom. The minimum absolute atomic E-state index is 0.711. The zero-order valence-electron chi connectivity index (χ0n) is 20.2. The lowest BCUT2D eigenvalue weighted by Gasteiger charge is -2.36. The smallest absolute Gasteiger partial charge is 0.137 e. The maximum atomic E-state index is 4.80. The Kier molecular flexibility index (Phi) is 5.62. The van der Waals surface area contributed by atoms with Gasteiger partial charge in [0.15, 0.2) is 0 Å². The molecule has 0 bridgehead atoms. The van der Waals surface area contributed by atoms with Crippen molar-refractivity contribution in [3.05, 3.63) is 73.4 Å². The highest BCUT2D eigenvalue weighted by molar-refractivity contribution is 5.90. The fourth-order valence-electron chi connectivity index (χ4n) is 4.97. The number of rotatable bonds is 5. The van der Waals surface area contributed by atoms with E-state index >= 15 is 0 Å². The molecular formula is C28H29N7. The third kappa shape index (κ3) is 4.23. The van der Waals surface area contributed by atoms with Crippen molar-refractivity contribution in [3.8, 4) is 22.4 Å². The van der Waals surface area contributed by atoms with Crippen LogP contribution in [0.4, 0.5) is 5.82 Å². The van der Waals surface area contributed by atoms with Gasteiger partial charge in [0.05, 0.1) is 22.9 Å². The molecule has 7 nitrogen and oxygen atoms in total. The van der Waals surface area contributed by atoms with Gasteiger partial charge in [-0.2, -0.15) is 0 Å². The van der Waals surface area contributed by atoms with E-state index in [2.05, 4.69) is 73.5 Å². The molecule has 0 atom stereocenters. The summed E-state index contributed by atoms with van der Waals surface area (Å²) in [5.41, 5.74) is 6.88. The number of nitrogens with zero attached hydrogens (tertiary/aromatic N) is 7. The van der Waals surface area contributed by atoms with Crippen LogP contribution in [0.5, 0.6) is 0 Å². The Morgan fingerprint density at radius 2 is 1.71 bits per heavy atom. The second kappa shape index (κ2) is 9.07. The first-order valence-corrected chi connectivity index (χ1v) is 12.3. The highest BCUT2D eigenvalue weighted by atomic mass is 15.3. The van der Waals surface area contributed by atoms with Crippen LogP contribution in [0.3, 0.4) is 0 Å². The lowest BCUT2D eigenvalue weighted by molar-refractivity contribution is 0.231. The van der Waals surface area contributed by atoms with Gasteiger partial charge >= 0.3 is 0 Å². The Labute approximate surface area is 205 Å². The van der Waals surface area contributed by atoms with Gasteiger partial charge in [-0.3, -0.25) is 19.3 Å². The Hall–Kier alpha value is -3.84. The molecule has 0 amide bonds. The molecule has 35 heavy (non-hydrogen) atoms. The summed E-state index contributed by atoms with van der Waals surface area (Å²) >= 11 is 0. The predicted octanol–water partition coefficient (Wildman–Crippen LogP) is 4.78. The molecule has 7 heteroatoms. The van der Waals surface area contributed by atoms with Crippen molar-refractivity contribution in [1.82, 2.24) is 29.2 Å². The number of imidazole rings is 1. The van der Waals surface area contributed by atoms with Gasteiger partial charge < -0.3 is 4.90 Å². The fraction of sp³-hybridized carbons (Fsp3) is 0.286. The summed E-state index contributed by atoms with van der Waals surface area (Å²) in [5, 5.41) is 0. The van der Waals surface area contributed by atoms with Gasteiger partial charge in [0.1, 0.15) is 11.5 Å². The van der Waals surface area contributed by atoms with Crippen LogP contribution >= 0.6 is 0 Å². The summed E-state index contributed by atoms with van der Waals surface area (Å²) in [6.07, 6.45) is 9.58. The average molecular weight is 464 g/mol. The maximum Gasteiger partial charge on any atom is 0.137 e. The third-order valence-corrected chi connectivity index (χ3v) is 6.69. The van der Waals surface area contributed by atoms with Crippen molar-refractivity contribution in [1.29, 1.82) is 0 Å². The van der Waals surface area contributed by atoms with Crippen LogP contribution < -0.4 is 4.90 Å². The Bertz CT molecular complexity index is 1460. The van der Waals surface area contributed by atoms with Gasteiger partial charge in [-0.25, -0.2) is 9.97 Å². The molecule has 0 unspecified atom stereocenters. The summed E-state index contributed by atoms with van der Waals surface area (Å²) in [6, 6.07) is 14.4. The molecule has 0 radical (unpaired) electrons. The molecule has 6 rings (SSSR count). The van der Waals surface area contributed by atoms with Crippen LogP contribution in [0.15, 0.2) is 73.4 Å². The van der Waals surface area contributed by atoms with Crippen LogP contribution in [0.25, 0.3) is 39.1 Å². The number of hydrogen-bond acceptors (Lipinski definition) is 6. The van der Waals surface area contributed by atoms with Crippen molar-refractivity contribution in [2.24, 2.45) is 5.92 Å². The van der Waals surface area contributed by atoms with Crippen molar-refractivity contribution in [3.63, 3.8) is 0 Å². The van der Waals surface area contributed by atoms with Crippen LogP contribution in [0, 0.1) is 5.92 Å². The van der Waals surface area contributed by atoms with E-state index in [9.17, 15) is 0 Å². The lowest BCUT2D eigenvalue weighted by atomic mass is 10.1. The van der Waals surface area contributed by atoms with Crippen molar-refractivity contribution in [2.75, 3.05) is 37.6 Å². The molecular weight excluding hydrogens is 434 g/mol. The Balaban J connectivity index is 1.23. The minimum atomic E-state index is 0.711.